The molecule has 0 aromatic heterocycles. The molecule has 156 valence electrons. The molecule has 1 unspecified atom stereocenters. The van der Waals surface area contributed by atoms with Crippen molar-refractivity contribution in [1.82, 2.24) is 4.90 Å². The highest BCUT2D eigenvalue weighted by molar-refractivity contribution is 14.1. The smallest absolute Gasteiger partial charge is 0.410 e. The largest absolute Gasteiger partial charge is 0.591 e. The third-order valence-electron chi connectivity index (χ3n) is 4.64. The molecule has 0 bridgehead atoms. The van der Waals surface area contributed by atoms with E-state index in [0.29, 0.717) is 13.1 Å². The SMILES string of the molecule is CC(C)(C)OC(=O)N1CCC(C=N[S+]([O-])C(C)(C)C)(c2ccccc2I)CC1. The van der Waals surface area contributed by atoms with E-state index in [4.69, 9.17) is 4.74 Å². The van der Waals surface area contributed by atoms with Crippen LogP contribution in [0.1, 0.15) is 59.9 Å². The lowest BCUT2D eigenvalue weighted by Crippen LogP contribution is -2.48. The number of nitrogens with zero attached hydrogens (tertiary/aromatic N) is 2. The van der Waals surface area contributed by atoms with Gasteiger partial charge in [0, 0.05) is 22.1 Å². The van der Waals surface area contributed by atoms with Gasteiger partial charge in [-0.3, -0.25) is 0 Å². The van der Waals surface area contributed by atoms with Crippen LogP contribution in [0.2, 0.25) is 0 Å². The van der Waals surface area contributed by atoms with Crippen LogP contribution in [-0.4, -0.2) is 45.2 Å². The fourth-order valence-corrected chi connectivity index (χ4v) is 4.59. The highest BCUT2D eigenvalue weighted by Crippen LogP contribution is 2.37. The van der Waals surface area contributed by atoms with E-state index in [1.807, 2.05) is 59.9 Å². The summed E-state index contributed by atoms with van der Waals surface area (Å²) in [5, 5.41) is 0. The van der Waals surface area contributed by atoms with Crippen molar-refractivity contribution < 1.29 is 14.1 Å². The topological polar surface area (TPSA) is 65.0 Å². The van der Waals surface area contributed by atoms with E-state index >= 15 is 0 Å². The first kappa shape index (κ1) is 23.5. The lowest BCUT2D eigenvalue weighted by molar-refractivity contribution is 0.0190. The van der Waals surface area contributed by atoms with Gasteiger partial charge >= 0.3 is 6.09 Å². The Morgan fingerprint density at radius 2 is 1.79 bits per heavy atom. The predicted molar refractivity (Wildman–Crippen MR) is 124 cm³/mol. The highest BCUT2D eigenvalue weighted by Gasteiger charge is 2.40. The molecule has 1 saturated heterocycles. The molecule has 1 aromatic carbocycles. The zero-order chi connectivity index (χ0) is 21.2. The van der Waals surface area contributed by atoms with Crippen LogP contribution in [0.3, 0.4) is 0 Å². The lowest BCUT2D eigenvalue weighted by atomic mass is 9.74. The number of benzene rings is 1. The Morgan fingerprint density at radius 1 is 1.21 bits per heavy atom. The van der Waals surface area contributed by atoms with Crippen LogP contribution in [0, 0.1) is 3.57 Å². The van der Waals surface area contributed by atoms with Crippen molar-refractivity contribution in [1.29, 1.82) is 0 Å². The maximum Gasteiger partial charge on any atom is 0.410 e. The summed E-state index contributed by atoms with van der Waals surface area (Å²) < 4.78 is 23.2. The van der Waals surface area contributed by atoms with Crippen molar-refractivity contribution in [2.45, 2.75) is 70.1 Å². The van der Waals surface area contributed by atoms with E-state index in [0.717, 1.165) is 16.4 Å². The summed E-state index contributed by atoms with van der Waals surface area (Å²) in [6.45, 7) is 12.5. The van der Waals surface area contributed by atoms with Crippen LogP contribution in [-0.2, 0) is 21.5 Å². The average molecular weight is 518 g/mol. The lowest BCUT2D eigenvalue weighted by Gasteiger charge is -2.40. The van der Waals surface area contributed by atoms with Crippen molar-refractivity contribution in [2.75, 3.05) is 13.1 Å². The average Bonchev–Trinajstić information content (AvgIpc) is 2.58. The number of amides is 1. The molecule has 1 aliphatic heterocycles. The summed E-state index contributed by atoms with van der Waals surface area (Å²) in [5.41, 5.74) is 0.331. The standard InChI is InChI=1S/C21H31IN2O3S/c1-19(2,3)27-18(25)24-13-11-21(12-14-24,15-23-28(26)20(4,5)6)16-9-7-8-10-17(16)22/h7-10,15H,11-14H2,1-6H3. The molecule has 28 heavy (non-hydrogen) atoms. The van der Waals surface area contributed by atoms with Gasteiger partial charge in [-0.1, -0.05) is 22.6 Å². The maximum absolute atomic E-state index is 12.5. The molecule has 1 aromatic rings. The molecular weight excluding hydrogens is 487 g/mol. The Labute approximate surface area is 185 Å². The van der Waals surface area contributed by atoms with Crippen LogP contribution in [0.5, 0.6) is 0 Å². The van der Waals surface area contributed by atoms with Crippen molar-refractivity contribution >= 4 is 46.3 Å². The van der Waals surface area contributed by atoms with E-state index in [1.165, 1.54) is 5.56 Å². The molecule has 0 saturated carbocycles. The van der Waals surface area contributed by atoms with Gasteiger partial charge in [-0.15, -0.1) is 0 Å². The summed E-state index contributed by atoms with van der Waals surface area (Å²) in [4.78, 5) is 14.2. The molecule has 2 rings (SSSR count). The van der Waals surface area contributed by atoms with Gasteiger partial charge in [0.1, 0.15) is 21.7 Å². The van der Waals surface area contributed by atoms with Crippen molar-refractivity contribution in [2.24, 2.45) is 4.40 Å². The predicted octanol–water partition coefficient (Wildman–Crippen LogP) is 5.09. The van der Waals surface area contributed by atoms with Gasteiger partial charge in [0.25, 0.3) is 0 Å². The van der Waals surface area contributed by atoms with Gasteiger partial charge < -0.3 is 14.2 Å². The molecule has 1 atom stereocenters. The summed E-state index contributed by atoms with van der Waals surface area (Å²) in [7, 11) is 0. The number of ether oxygens (including phenoxy) is 1. The second-order valence-corrected chi connectivity index (χ2v) is 12.3. The zero-order valence-corrected chi connectivity index (χ0v) is 20.6. The van der Waals surface area contributed by atoms with Gasteiger partial charge in [-0.2, -0.15) is 0 Å². The molecule has 0 radical (unpaired) electrons. The number of hydrogen-bond acceptors (Lipinski definition) is 4. The van der Waals surface area contributed by atoms with E-state index in [9.17, 15) is 9.35 Å². The van der Waals surface area contributed by atoms with Crippen LogP contribution >= 0.6 is 22.6 Å². The normalized spacial score (nSPS) is 18.9. The number of rotatable bonds is 3. The zero-order valence-electron chi connectivity index (χ0n) is 17.6. The Morgan fingerprint density at radius 3 is 2.29 bits per heavy atom. The van der Waals surface area contributed by atoms with Crippen LogP contribution in [0.4, 0.5) is 4.79 Å². The minimum Gasteiger partial charge on any atom is -0.591 e. The maximum atomic E-state index is 12.5. The quantitative estimate of drug-likeness (QED) is 0.318. The fraction of sp³-hybridized carbons (Fsp3) is 0.619. The molecule has 5 nitrogen and oxygen atoms in total. The Kier molecular flexibility index (Phi) is 7.48. The minimum absolute atomic E-state index is 0.279. The minimum atomic E-state index is -1.31. The van der Waals surface area contributed by atoms with Gasteiger partial charge in [0.05, 0.1) is 6.21 Å². The van der Waals surface area contributed by atoms with Crippen LogP contribution in [0.15, 0.2) is 28.7 Å². The van der Waals surface area contributed by atoms with Gasteiger partial charge in [0.15, 0.2) is 0 Å². The van der Waals surface area contributed by atoms with E-state index in [2.05, 4.69) is 39.1 Å². The number of carbonyl (C=O) groups is 1. The van der Waals surface area contributed by atoms with Gasteiger partial charge in [-0.25, -0.2) is 4.79 Å². The first-order valence-electron chi connectivity index (χ1n) is 9.54. The van der Waals surface area contributed by atoms with E-state index in [-0.39, 0.29) is 11.5 Å². The number of piperidine rings is 1. The van der Waals surface area contributed by atoms with E-state index in [1.54, 1.807) is 4.90 Å². The summed E-state index contributed by atoms with van der Waals surface area (Å²) in [6, 6.07) is 8.22. The summed E-state index contributed by atoms with van der Waals surface area (Å²) in [5.74, 6) is 0. The molecule has 0 spiro atoms. The Hall–Kier alpha value is -0.800. The third kappa shape index (κ3) is 6.10. The van der Waals surface area contributed by atoms with Gasteiger partial charge in [-0.05, 0) is 88.6 Å². The highest BCUT2D eigenvalue weighted by atomic mass is 127. The Bertz CT molecular complexity index is 717. The summed E-state index contributed by atoms with van der Waals surface area (Å²) >= 11 is 1.03. The van der Waals surface area contributed by atoms with Crippen molar-refractivity contribution in [3.05, 3.63) is 33.4 Å². The summed E-state index contributed by atoms with van der Waals surface area (Å²) in [6.07, 6.45) is 3.03. The van der Waals surface area contributed by atoms with Crippen molar-refractivity contribution in [3.63, 3.8) is 0 Å². The van der Waals surface area contributed by atoms with Crippen molar-refractivity contribution in [3.8, 4) is 0 Å². The van der Waals surface area contributed by atoms with Crippen LogP contribution < -0.4 is 0 Å². The second kappa shape index (κ2) is 8.92. The second-order valence-electron chi connectivity index (χ2n) is 9.20. The molecule has 7 heteroatoms. The number of carbonyl (C=O) groups excluding carboxylic acids is 1. The molecule has 1 amide bonds. The van der Waals surface area contributed by atoms with Crippen LogP contribution in [0.25, 0.3) is 0 Å². The number of likely N-dealkylation sites (tertiary alicyclic amines) is 1. The van der Waals surface area contributed by atoms with Gasteiger partial charge in [0.2, 0.25) is 0 Å². The first-order chi connectivity index (χ1) is 12.8. The first-order valence-corrected chi connectivity index (χ1v) is 11.7. The molecular formula is C21H31IN2O3S. The number of hydrogen-bond donors (Lipinski definition) is 0. The molecule has 0 N–H and O–H groups in total. The molecule has 1 heterocycles. The molecule has 1 fully saturated rings. The monoisotopic (exact) mass is 518 g/mol. The molecule has 1 aliphatic rings. The third-order valence-corrected chi connectivity index (χ3v) is 6.92. The Balaban J connectivity index is 2.27. The fourth-order valence-electron chi connectivity index (χ4n) is 3.05. The molecule has 0 aliphatic carbocycles. The number of halogens is 1. The van der Waals surface area contributed by atoms with E-state index < -0.39 is 21.7 Å².